The molecule has 22 heavy (non-hydrogen) atoms. The number of likely N-dealkylation sites (N-methyl/N-ethyl adjacent to an activating group) is 1. The Hall–Kier alpha value is -3.09. The summed E-state index contributed by atoms with van der Waals surface area (Å²) in [6.07, 6.45) is 2.48. The van der Waals surface area contributed by atoms with Crippen molar-refractivity contribution in [3.8, 4) is 0 Å². The van der Waals surface area contributed by atoms with Crippen molar-refractivity contribution in [3.05, 3.63) is 48.7 Å². The second kappa shape index (κ2) is 6.13. The second-order valence-corrected chi connectivity index (χ2v) is 4.76. The number of amides is 3. The molecule has 1 fully saturated rings. The number of rotatable bonds is 3. The molecule has 0 saturated carbocycles. The monoisotopic (exact) mass is 299 g/mol. The number of nitrogens with zero attached hydrogens (tertiary/aromatic N) is 2. The summed E-state index contributed by atoms with van der Waals surface area (Å²) in [7, 11) is 1.63. The Bertz CT molecular complexity index is 680. The first-order valence-corrected chi connectivity index (χ1v) is 6.56. The zero-order valence-electron chi connectivity index (χ0n) is 12.2. The number of urea groups is 1. The van der Waals surface area contributed by atoms with Crippen molar-refractivity contribution in [2.45, 2.75) is 0 Å². The highest BCUT2D eigenvalue weighted by molar-refractivity contribution is 6.24. The van der Waals surface area contributed by atoms with Crippen LogP contribution in [0.2, 0.25) is 0 Å². The van der Waals surface area contributed by atoms with Crippen LogP contribution in [0.1, 0.15) is 0 Å². The van der Waals surface area contributed by atoms with Crippen molar-refractivity contribution in [1.82, 2.24) is 4.90 Å². The summed E-state index contributed by atoms with van der Waals surface area (Å²) in [6.45, 7) is 3.67. The van der Waals surface area contributed by atoms with Crippen molar-refractivity contribution in [3.63, 3.8) is 0 Å². The Morgan fingerprint density at radius 1 is 1.50 bits per heavy atom. The minimum Gasteiger partial charge on any atom is -0.404 e. The summed E-state index contributed by atoms with van der Waals surface area (Å²) < 4.78 is 0. The SMILES string of the molecule is C=CC(=O)Nc1cccc(N2C(=N)/C(=C\N)CN(C)C2=O)c1. The van der Waals surface area contributed by atoms with Crippen molar-refractivity contribution >= 4 is 29.1 Å². The normalized spacial score (nSPS) is 16.9. The molecule has 2 rings (SSSR count). The van der Waals surface area contributed by atoms with Crippen LogP contribution >= 0.6 is 0 Å². The molecular weight excluding hydrogens is 282 g/mol. The topological polar surface area (TPSA) is 103 Å². The van der Waals surface area contributed by atoms with Crippen LogP contribution in [0.25, 0.3) is 0 Å². The molecule has 1 aromatic rings. The maximum absolute atomic E-state index is 12.3. The summed E-state index contributed by atoms with van der Waals surface area (Å²) in [5, 5.41) is 10.8. The first kappa shape index (κ1) is 15.3. The molecule has 1 heterocycles. The van der Waals surface area contributed by atoms with E-state index in [2.05, 4.69) is 11.9 Å². The van der Waals surface area contributed by atoms with Crippen molar-refractivity contribution in [1.29, 1.82) is 5.41 Å². The molecule has 1 aromatic carbocycles. The molecule has 0 atom stereocenters. The predicted octanol–water partition coefficient (Wildman–Crippen LogP) is 1.50. The standard InChI is InChI=1S/C15H17N5O2/c1-3-13(21)18-11-5-4-6-12(7-11)20-14(17)10(8-16)9-19(2)15(20)22/h3-8,17H,1,9,16H2,2H3,(H,18,21)/b10-8-,17-14?. The number of hydrogen-bond acceptors (Lipinski definition) is 4. The van der Waals surface area contributed by atoms with Gasteiger partial charge in [0, 0.05) is 24.5 Å². The molecule has 114 valence electrons. The van der Waals surface area contributed by atoms with Gasteiger partial charge < -0.3 is 16.0 Å². The molecule has 4 N–H and O–H groups in total. The number of carbonyl (C=O) groups excluding carboxylic acids is 2. The average Bonchev–Trinajstić information content (AvgIpc) is 2.51. The molecule has 1 aliphatic heterocycles. The lowest BCUT2D eigenvalue weighted by Crippen LogP contribution is -2.52. The van der Waals surface area contributed by atoms with Gasteiger partial charge in [-0.25, -0.2) is 9.69 Å². The van der Waals surface area contributed by atoms with E-state index in [0.29, 0.717) is 16.9 Å². The van der Waals surface area contributed by atoms with E-state index in [0.717, 1.165) is 6.08 Å². The molecule has 0 radical (unpaired) electrons. The quantitative estimate of drug-likeness (QED) is 0.737. The maximum atomic E-state index is 12.3. The van der Waals surface area contributed by atoms with Crippen LogP contribution < -0.4 is 16.0 Å². The zero-order chi connectivity index (χ0) is 16.3. The van der Waals surface area contributed by atoms with E-state index in [1.165, 1.54) is 16.0 Å². The van der Waals surface area contributed by atoms with E-state index < -0.39 is 0 Å². The minimum absolute atomic E-state index is 0.0257. The maximum Gasteiger partial charge on any atom is 0.330 e. The summed E-state index contributed by atoms with van der Waals surface area (Å²) in [5.74, 6) is -0.324. The van der Waals surface area contributed by atoms with Crippen LogP contribution in [0.3, 0.4) is 0 Å². The van der Waals surface area contributed by atoms with Gasteiger partial charge in [-0.15, -0.1) is 0 Å². The third kappa shape index (κ3) is 2.83. The Balaban J connectivity index is 2.38. The summed E-state index contributed by atoms with van der Waals surface area (Å²) in [4.78, 5) is 26.4. The largest absolute Gasteiger partial charge is 0.404 e. The Morgan fingerprint density at radius 3 is 2.86 bits per heavy atom. The molecule has 7 nitrogen and oxygen atoms in total. The van der Waals surface area contributed by atoms with Crippen molar-refractivity contribution < 1.29 is 9.59 Å². The number of amidine groups is 1. The summed E-state index contributed by atoms with van der Waals surface area (Å²) in [5.41, 5.74) is 7.05. The molecular formula is C15H17N5O2. The lowest BCUT2D eigenvalue weighted by molar-refractivity contribution is -0.111. The van der Waals surface area contributed by atoms with Gasteiger partial charge in [0.15, 0.2) is 0 Å². The third-order valence-electron chi connectivity index (χ3n) is 3.21. The fourth-order valence-corrected chi connectivity index (χ4v) is 2.10. The Morgan fingerprint density at radius 2 is 2.23 bits per heavy atom. The number of anilines is 2. The molecule has 7 heteroatoms. The highest BCUT2D eigenvalue weighted by Crippen LogP contribution is 2.25. The van der Waals surface area contributed by atoms with Crippen LogP contribution in [0, 0.1) is 5.41 Å². The summed E-state index contributed by atoms with van der Waals surface area (Å²) >= 11 is 0. The van der Waals surface area contributed by atoms with Gasteiger partial charge in [-0.3, -0.25) is 10.2 Å². The average molecular weight is 299 g/mol. The van der Waals surface area contributed by atoms with E-state index >= 15 is 0 Å². The third-order valence-corrected chi connectivity index (χ3v) is 3.21. The second-order valence-electron chi connectivity index (χ2n) is 4.76. The molecule has 0 aliphatic carbocycles. The minimum atomic E-state index is -0.350. The van der Waals surface area contributed by atoms with Gasteiger partial charge in [0.2, 0.25) is 5.91 Å². The fourth-order valence-electron chi connectivity index (χ4n) is 2.10. The highest BCUT2D eigenvalue weighted by atomic mass is 16.2. The van der Waals surface area contributed by atoms with E-state index in [9.17, 15) is 9.59 Å². The lowest BCUT2D eigenvalue weighted by Gasteiger charge is -2.35. The number of nitrogens with two attached hydrogens (primary N) is 1. The van der Waals surface area contributed by atoms with E-state index in [1.807, 2.05) is 0 Å². The van der Waals surface area contributed by atoms with Gasteiger partial charge in [0.25, 0.3) is 0 Å². The molecule has 0 aromatic heterocycles. The van der Waals surface area contributed by atoms with E-state index in [1.54, 1.807) is 31.3 Å². The fraction of sp³-hybridized carbons (Fsp3) is 0.133. The number of carbonyl (C=O) groups is 2. The van der Waals surface area contributed by atoms with Gasteiger partial charge in [-0.05, 0) is 24.3 Å². The van der Waals surface area contributed by atoms with Crippen LogP contribution in [0.4, 0.5) is 16.2 Å². The van der Waals surface area contributed by atoms with Gasteiger partial charge >= 0.3 is 6.03 Å². The molecule has 0 spiro atoms. The van der Waals surface area contributed by atoms with Crippen LogP contribution in [-0.2, 0) is 4.79 Å². The van der Waals surface area contributed by atoms with Crippen LogP contribution in [0.5, 0.6) is 0 Å². The molecule has 0 bridgehead atoms. The predicted molar refractivity (Wildman–Crippen MR) is 85.8 cm³/mol. The van der Waals surface area contributed by atoms with Crippen molar-refractivity contribution in [2.75, 3.05) is 23.8 Å². The number of nitrogens with one attached hydrogen (secondary N) is 2. The Kier molecular flexibility index (Phi) is 4.26. The van der Waals surface area contributed by atoms with Gasteiger partial charge in [-0.2, -0.15) is 0 Å². The molecule has 1 saturated heterocycles. The molecule has 1 aliphatic rings. The first-order chi connectivity index (χ1) is 10.5. The summed E-state index contributed by atoms with van der Waals surface area (Å²) in [6, 6.07) is 6.34. The van der Waals surface area contributed by atoms with E-state index in [4.69, 9.17) is 11.1 Å². The highest BCUT2D eigenvalue weighted by Gasteiger charge is 2.32. The number of hydrogen-bond donors (Lipinski definition) is 3. The smallest absolute Gasteiger partial charge is 0.330 e. The molecule has 0 unspecified atom stereocenters. The van der Waals surface area contributed by atoms with E-state index in [-0.39, 0.29) is 24.3 Å². The van der Waals surface area contributed by atoms with Crippen LogP contribution in [-0.4, -0.2) is 36.3 Å². The van der Waals surface area contributed by atoms with Crippen LogP contribution in [0.15, 0.2) is 48.7 Å². The Labute approximate surface area is 128 Å². The number of benzene rings is 1. The first-order valence-electron chi connectivity index (χ1n) is 6.56. The van der Waals surface area contributed by atoms with Gasteiger partial charge in [0.1, 0.15) is 5.84 Å². The van der Waals surface area contributed by atoms with Gasteiger partial charge in [-0.1, -0.05) is 12.6 Å². The van der Waals surface area contributed by atoms with Gasteiger partial charge in [0.05, 0.1) is 12.2 Å². The lowest BCUT2D eigenvalue weighted by atomic mass is 10.1. The van der Waals surface area contributed by atoms with Crippen molar-refractivity contribution in [2.24, 2.45) is 5.73 Å². The molecule has 3 amide bonds. The zero-order valence-corrected chi connectivity index (χ0v) is 12.2.